The Labute approximate surface area is 184 Å². The molecule has 1 amide bonds. The van der Waals surface area contributed by atoms with Crippen molar-refractivity contribution >= 4 is 32.2 Å². The standard InChI is InChI=1S/C8H8O3S.C7H13NO4S.2Li/c1-2-7-3-5-8(6-4-7)12(9,10)11;1-4-6(9)8-7(2,3)5-13(10,11)12;;/h2-6H,1H2,(H,9,10,11);4H,1,5H2,2-3H3,(H,8,9)(H,10,11,12);;/q;;2*+1/p-2. The maximum atomic E-state index is 10.8. The van der Waals surface area contributed by atoms with Gasteiger partial charge in [-0.1, -0.05) is 31.4 Å². The third-order valence-corrected chi connectivity index (χ3v) is 4.51. The van der Waals surface area contributed by atoms with E-state index in [1.165, 1.54) is 38.1 Å². The fourth-order valence-corrected chi connectivity index (χ4v) is 3.06. The van der Waals surface area contributed by atoms with Crippen LogP contribution >= 0.6 is 0 Å². The second-order valence-electron chi connectivity index (χ2n) is 5.51. The zero-order chi connectivity index (χ0) is 19.9. The third-order valence-electron chi connectivity index (χ3n) is 2.59. The minimum atomic E-state index is -4.33. The Morgan fingerprint density at radius 2 is 1.52 bits per heavy atom. The Hall–Kier alpha value is -0.815. The zero-order valence-electron chi connectivity index (χ0n) is 15.8. The number of rotatable bonds is 6. The largest absolute Gasteiger partial charge is 1.00 e. The quantitative estimate of drug-likeness (QED) is 0.284. The Morgan fingerprint density at radius 3 is 1.81 bits per heavy atom. The number of carbonyl (C=O) groups excluding carboxylic acids is 1. The number of nitrogens with one attached hydrogen (secondary N) is 1. The summed E-state index contributed by atoms with van der Waals surface area (Å²) in [5.74, 6) is -1.15. The van der Waals surface area contributed by atoms with Gasteiger partial charge in [0.15, 0.2) is 0 Å². The number of hydrogen-bond donors (Lipinski definition) is 1. The Balaban J connectivity index is -0.000000398. The maximum absolute atomic E-state index is 10.8. The third kappa shape index (κ3) is 14.9. The van der Waals surface area contributed by atoms with E-state index in [4.69, 9.17) is 0 Å². The molecule has 12 heteroatoms. The van der Waals surface area contributed by atoms with Crippen LogP contribution in [0.2, 0.25) is 0 Å². The summed E-state index contributed by atoms with van der Waals surface area (Å²) < 4.78 is 62.5. The molecule has 0 radical (unpaired) electrons. The predicted molar refractivity (Wildman–Crippen MR) is 91.5 cm³/mol. The molecule has 0 bridgehead atoms. The molecule has 0 aliphatic heterocycles. The van der Waals surface area contributed by atoms with Gasteiger partial charge in [0, 0.05) is 5.54 Å². The van der Waals surface area contributed by atoms with Crippen LogP contribution in [0.15, 0.2) is 48.4 Å². The molecule has 0 saturated heterocycles. The van der Waals surface area contributed by atoms with Crippen molar-refractivity contribution in [3.05, 3.63) is 49.1 Å². The van der Waals surface area contributed by atoms with Crippen molar-refractivity contribution in [3.63, 3.8) is 0 Å². The number of amides is 1. The molecule has 0 aliphatic carbocycles. The van der Waals surface area contributed by atoms with E-state index in [1.54, 1.807) is 6.08 Å². The molecule has 1 N–H and O–H groups in total. The van der Waals surface area contributed by atoms with Crippen molar-refractivity contribution in [1.82, 2.24) is 5.32 Å². The van der Waals surface area contributed by atoms with Gasteiger partial charge in [0.25, 0.3) is 0 Å². The molecular formula is C15H19Li2NO7S2. The zero-order valence-corrected chi connectivity index (χ0v) is 17.4. The molecule has 1 aromatic carbocycles. The van der Waals surface area contributed by atoms with Crippen molar-refractivity contribution in [2.75, 3.05) is 5.75 Å². The van der Waals surface area contributed by atoms with Crippen LogP contribution < -0.4 is 43.0 Å². The molecule has 0 spiro atoms. The Morgan fingerprint density at radius 1 is 1.07 bits per heavy atom. The summed E-state index contributed by atoms with van der Waals surface area (Å²) >= 11 is 0. The summed E-state index contributed by atoms with van der Waals surface area (Å²) in [5, 5.41) is 2.33. The molecule has 0 atom stereocenters. The van der Waals surface area contributed by atoms with Crippen molar-refractivity contribution in [2.45, 2.75) is 24.3 Å². The van der Waals surface area contributed by atoms with E-state index >= 15 is 0 Å². The van der Waals surface area contributed by atoms with Crippen molar-refractivity contribution in [1.29, 1.82) is 0 Å². The number of benzene rings is 1. The molecule has 8 nitrogen and oxygen atoms in total. The number of carbonyl (C=O) groups is 1. The van der Waals surface area contributed by atoms with Crippen LogP contribution in [-0.2, 0) is 25.0 Å². The second-order valence-corrected chi connectivity index (χ2v) is 8.29. The first-order valence-corrected chi connectivity index (χ1v) is 9.75. The molecule has 0 fully saturated rings. The van der Waals surface area contributed by atoms with Gasteiger partial charge in [0.05, 0.1) is 20.8 Å². The van der Waals surface area contributed by atoms with Crippen molar-refractivity contribution < 1.29 is 68.5 Å². The van der Waals surface area contributed by atoms with E-state index in [2.05, 4.69) is 18.5 Å². The first kappa shape index (κ1) is 30.9. The summed E-state index contributed by atoms with van der Waals surface area (Å²) in [7, 11) is -8.65. The molecule has 1 aromatic rings. The van der Waals surface area contributed by atoms with Gasteiger partial charge in [0.2, 0.25) is 5.91 Å². The molecular weight excluding hydrogens is 384 g/mol. The molecule has 0 aromatic heterocycles. The normalized spacial score (nSPS) is 10.8. The van der Waals surface area contributed by atoms with E-state index in [9.17, 15) is 30.7 Å². The summed E-state index contributed by atoms with van der Waals surface area (Å²) in [5.41, 5.74) is -0.284. The van der Waals surface area contributed by atoms with Gasteiger partial charge in [-0.25, -0.2) is 16.8 Å². The van der Waals surface area contributed by atoms with Gasteiger partial charge >= 0.3 is 37.7 Å². The molecule has 1 rings (SSSR count). The number of hydrogen-bond acceptors (Lipinski definition) is 7. The van der Waals surface area contributed by atoms with E-state index in [1.807, 2.05) is 0 Å². The van der Waals surface area contributed by atoms with E-state index in [0.29, 0.717) is 0 Å². The summed E-state index contributed by atoms with van der Waals surface area (Å²) in [6, 6.07) is 5.58. The smallest absolute Gasteiger partial charge is 0.748 e. The minimum Gasteiger partial charge on any atom is -0.748 e. The van der Waals surface area contributed by atoms with E-state index in [0.717, 1.165) is 11.6 Å². The fourth-order valence-electron chi connectivity index (χ4n) is 1.63. The summed E-state index contributed by atoms with van der Waals surface area (Å²) in [6.45, 7) is 9.59. The van der Waals surface area contributed by atoms with Crippen LogP contribution in [0.5, 0.6) is 0 Å². The van der Waals surface area contributed by atoms with Crippen LogP contribution in [-0.4, -0.2) is 43.1 Å². The topological polar surface area (TPSA) is 144 Å². The average Bonchev–Trinajstić information content (AvgIpc) is 2.43. The van der Waals surface area contributed by atoms with Crippen LogP contribution in [0.25, 0.3) is 6.08 Å². The van der Waals surface area contributed by atoms with Crippen molar-refractivity contribution in [2.24, 2.45) is 0 Å². The predicted octanol–water partition coefficient (Wildman–Crippen LogP) is -5.15. The van der Waals surface area contributed by atoms with Gasteiger partial charge in [-0.2, -0.15) is 0 Å². The maximum Gasteiger partial charge on any atom is 1.00 e. The van der Waals surface area contributed by atoms with Gasteiger partial charge in [-0.15, -0.1) is 0 Å². The van der Waals surface area contributed by atoms with Crippen LogP contribution in [0.3, 0.4) is 0 Å². The second kappa shape index (κ2) is 12.6. The first-order valence-electron chi connectivity index (χ1n) is 6.77. The monoisotopic (exact) mass is 403 g/mol. The Bertz CT molecular complexity index is 833. The van der Waals surface area contributed by atoms with Crippen LogP contribution in [0.4, 0.5) is 0 Å². The van der Waals surface area contributed by atoms with Gasteiger partial charge in [0.1, 0.15) is 10.1 Å². The first-order chi connectivity index (χ1) is 11.2. The van der Waals surface area contributed by atoms with Crippen LogP contribution in [0.1, 0.15) is 19.4 Å². The van der Waals surface area contributed by atoms with Gasteiger partial charge in [-0.05, 0) is 37.6 Å². The van der Waals surface area contributed by atoms with Gasteiger partial charge < -0.3 is 14.4 Å². The van der Waals surface area contributed by atoms with Gasteiger partial charge in [-0.3, -0.25) is 4.79 Å². The Kier molecular flexibility index (Phi) is 14.4. The minimum absolute atomic E-state index is 0. The molecule has 0 unspecified atom stereocenters. The SMILES string of the molecule is C=CC(=O)NC(C)(C)CS(=O)(=O)[O-].C=Cc1ccc(S(=O)(=O)[O-])cc1.[Li+].[Li+]. The van der Waals surface area contributed by atoms with Crippen molar-refractivity contribution in [3.8, 4) is 0 Å². The summed E-state index contributed by atoms with van der Waals surface area (Å²) in [6.07, 6.45) is 2.58. The fraction of sp³-hybridized carbons (Fsp3) is 0.267. The van der Waals surface area contributed by atoms with E-state index in [-0.39, 0.29) is 42.6 Å². The molecule has 0 aliphatic rings. The van der Waals surface area contributed by atoms with Crippen LogP contribution in [0, 0.1) is 0 Å². The average molecular weight is 403 g/mol. The summed E-state index contributed by atoms with van der Waals surface area (Å²) in [4.78, 5) is 10.6. The molecule has 27 heavy (non-hydrogen) atoms. The molecule has 0 heterocycles. The van der Waals surface area contributed by atoms with E-state index < -0.39 is 37.4 Å². The molecule has 0 saturated carbocycles. The molecule has 140 valence electrons.